The number of hydrogen-bond donors (Lipinski definition) is 3. The van der Waals surface area contributed by atoms with Gasteiger partial charge < -0.3 is 26.0 Å². The third-order valence-electron chi connectivity index (χ3n) is 5.80. The monoisotopic (exact) mass is 510 g/mol. The Bertz CT molecular complexity index is 1140. The normalized spacial score (nSPS) is 12.7. The van der Waals surface area contributed by atoms with Crippen molar-refractivity contribution in [3.05, 3.63) is 64.7 Å². The molecule has 0 radical (unpaired) electrons. The van der Waals surface area contributed by atoms with Crippen molar-refractivity contribution in [1.82, 2.24) is 10.2 Å². The third kappa shape index (κ3) is 8.06. The van der Waals surface area contributed by atoms with Crippen LogP contribution in [0.25, 0.3) is 0 Å². The number of primary amides is 1. The summed E-state index contributed by atoms with van der Waals surface area (Å²) >= 11 is 0. The summed E-state index contributed by atoms with van der Waals surface area (Å²) in [6.07, 6.45) is -1.32. The van der Waals surface area contributed by atoms with E-state index in [0.717, 1.165) is 16.7 Å². The molecule has 4 N–H and O–H groups in total. The number of hydrogen-bond acceptors (Lipinski definition) is 5. The topological polar surface area (TPSA) is 131 Å². The lowest BCUT2D eigenvalue weighted by Gasteiger charge is -2.35. The largest absolute Gasteiger partial charge is 0.444 e. The second kappa shape index (κ2) is 12.4. The number of nitrogens with zero attached hydrogens (tertiary/aromatic N) is 1. The van der Waals surface area contributed by atoms with Gasteiger partial charge in [0.05, 0.1) is 6.42 Å². The molecule has 0 fully saturated rings. The van der Waals surface area contributed by atoms with Crippen LogP contribution < -0.4 is 16.4 Å². The van der Waals surface area contributed by atoms with Crippen molar-refractivity contribution >= 4 is 29.5 Å². The highest BCUT2D eigenvalue weighted by Gasteiger charge is 2.37. The molecule has 0 aromatic heterocycles. The fraction of sp³-hybridized carbons (Fsp3) is 0.429. The van der Waals surface area contributed by atoms with Crippen LogP contribution in [0.1, 0.15) is 62.4 Å². The number of ether oxygens (including phenoxy) is 1. The number of carbonyl (C=O) groups is 4. The lowest BCUT2D eigenvalue weighted by atomic mass is 9.93. The molecule has 0 bridgehead atoms. The van der Waals surface area contributed by atoms with Crippen molar-refractivity contribution in [3.63, 3.8) is 0 Å². The maximum absolute atomic E-state index is 13.8. The molecule has 2 rings (SSSR count). The fourth-order valence-electron chi connectivity index (χ4n) is 4.12. The number of carbonyl (C=O) groups excluding carboxylic acids is 4. The number of aryl methyl sites for hydroxylation is 3. The summed E-state index contributed by atoms with van der Waals surface area (Å²) in [6, 6.07) is 10.6. The Balaban J connectivity index is 2.54. The van der Waals surface area contributed by atoms with Gasteiger partial charge in [-0.2, -0.15) is 0 Å². The first-order valence-corrected chi connectivity index (χ1v) is 12.3. The number of alkyl carbamates (subject to hydrolysis) is 1. The minimum absolute atomic E-state index is 0.129. The zero-order chi connectivity index (χ0) is 27.9. The summed E-state index contributed by atoms with van der Waals surface area (Å²) in [6.45, 7) is 12.5. The molecule has 0 aliphatic carbocycles. The number of likely N-dealkylation sites (N-methyl/N-ethyl adjacent to an activating group) is 1. The van der Waals surface area contributed by atoms with Gasteiger partial charge in [0.15, 0.2) is 0 Å². The van der Waals surface area contributed by atoms with Crippen molar-refractivity contribution in [2.75, 3.05) is 11.9 Å². The summed E-state index contributed by atoms with van der Waals surface area (Å²) < 4.78 is 5.28. The van der Waals surface area contributed by atoms with Gasteiger partial charge >= 0.3 is 6.09 Å². The van der Waals surface area contributed by atoms with Crippen LogP contribution in [-0.2, 0) is 19.1 Å². The van der Waals surface area contributed by atoms with Crippen LogP contribution in [0.3, 0.4) is 0 Å². The van der Waals surface area contributed by atoms with Crippen LogP contribution in [0.2, 0.25) is 0 Å². The first-order valence-electron chi connectivity index (χ1n) is 12.3. The van der Waals surface area contributed by atoms with Gasteiger partial charge in [-0.25, -0.2) is 4.79 Å². The van der Waals surface area contributed by atoms with Crippen molar-refractivity contribution in [2.24, 2.45) is 5.73 Å². The molecule has 0 aliphatic heterocycles. The Hall–Kier alpha value is -3.88. The lowest BCUT2D eigenvalue weighted by molar-refractivity contribution is -0.141. The number of rotatable bonds is 9. The highest BCUT2D eigenvalue weighted by atomic mass is 16.6. The van der Waals surface area contributed by atoms with Crippen LogP contribution in [0.15, 0.2) is 42.5 Å². The van der Waals surface area contributed by atoms with Gasteiger partial charge in [-0.15, -0.1) is 0 Å². The lowest BCUT2D eigenvalue weighted by Crippen LogP contribution is -2.53. The summed E-state index contributed by atoms with van der Waals surface area (Å²) in [7, 11) is 0. The van der Waals surface area contributed by atoms with E-state index in [1.54, 1.807) is 33.8 Å². The Morgan fingerprint density at radius 1 is 0.946 bits per heavy atom. The smallest absolute Gasteiger partial charge is 0.408 e. The van der Waals surface area contributed by atoms with Crippen molar-refractivity contribution in [2.45, 2.75) is 72.6 Å². The molecule has 2 aromatic rings. The summed E-state index contributed by atoms with van der Waals surface area (Å²) in [5, 5.41) is 5.42. The van der Waals surface area contributed by atoms with E-state index >= 15 is 0 Å². The van der Waals surface area contributed by atoms with E-state index in [9.17, 15) is 19.2 Å². The van der Waals surface area contributed by atoms with E-state index in [2.05, 4.69) is 10.6 Å². The van der Waals surface area contributed by atoms with E-state index < -0.39 is 47.9 Å². The van der Waals surface area contributed by atoms with Crippen LogP contribution >= 0.6 is 0 Å². The summed E-state index contributed by atoms with van der Waals surface area (Å²) in [5.41, 5.74) is 8.38. The van der Waals surface area contributed by atoms with E-state index in [-0.39, 0.29) is 6.54 Å². The van der Waals surface area contributed by atoms with Gasteiger partial charge in [-0.1, -0.05) is 36.4 Å². The van der Waals surface area contributed by atoms with Gasteiger partial charge in [0, 0.05) is 12.2 Å². The minimum atomic E-state index is -1.31. The number of nitrogens with two attached hydrogens (primary N) is 1. The third-order valence-corrected chi connectivity index (χ3v) is 5.80. The number of nitrogens with one attached hydrogen (secondary N) is 2. The molecular formula is C28H38N4O5. The summed E-state index contributed by atoms with van der Waals surface area (Å²) in [4.78, 5) is 53.3. The van der Waals surface area contributed by atoms with E-state index in [1.165, 1.54) is 4.90 Å². The molecule has 200 valence electrons. The maximum Gasteiger partial charge on any atom is 0.408 e. The van der Waals surface area contributed by atoms with Crippen LogP contribution in [0, 0.1) is 20.8 Å². The van der Waals surface area contributed by atoms with E-state index in [4.69, 9.17) is 10.5 Å². The van der Waals surface area contributed by atoms with Gasteiger partial charge in [0.1, 0.15) is 17.7 Å². The van der Waals surface area contributed by atoms with Crippen molar-refractivity contribution < 1.29 is 23.9 Å². The molecule has 0 saturated carbocycles. The highest BCUT2D eigenvalue weighted by molar-refractivity contribution is 6.00. The predicted molar refractivity (Wildman–Crippen MR) is 143 cm³/mol. The zero-order valence-corrected chi connectivity index (χ0v) is 22.7. The standard InChI is InChI=1S/C28H38N4O5/c1-8-32(26(35)21(16-22(29)33)31-27(36)37-28(5,6)7)24(23-18(3)13-11-14-19(23)4)25(34)30-20-15-10-9-12-17(20)2/h9-15,21,24H,8,16H2,1-7H3,(H2,29,33)(H,30,34)(H,31,36). The number of benzene rings is 2. The molecule has 4 amide bonds. The van der Waals surface area contributed by atoms with Crippen LogP contribution in [0.5, 0.6) is 0 Å². The van der Waals surface area contributed by atoms with Gasteiger partial charge in [0.25, 0.3) is 5.91 Å². The molecule has 0 spiro atoms. The SMILES string of the molecule is CCN(C(=O)C(CC(N)=O)NC(=O)OC(C)(C)C)C(C(=O)Nc1ccccc1C)c1c(C)cccc1C. The van der Waals surface area contributed by atoms with Gasteiger partial charge in [0.2, 0.25) is 11.8 Å². The molecule has 2 unspecified atom stereocenters. The van der Waals surface area contributed by atoms with Gasteiger partial charge in [-0.05, 0) is 76.8 Å². The van der Waals surface area contributed by atoms with Crippen molar-refractivity contribution in [3.8, 4) is 0 Å². The zero-order valence-electron chi connectivity index (χ0n) is 22.7. The molecule has 0 heterocycles. The molecule has 37 heavy (non-hydrogen) atoms. The second-order valence-corrected chi connectivity index (χ2v) is 10.0. The average Bonchev–Trinajstić information content (AvgIpc) is 2.77. The quantitative estimate of drug-likeness (QED) is 0.471. The van der Waals surface area contributed by atoms with Gasteiger partial charge in [-0.3, -0.25) is 14.4 Å². The molecule has 9 nitrogen and oxygen atoms in total. The number of para-hydroxylation sites is 1. The summed E-state index contributed by atoms with van der Waals surface area (Å²) in [5.74, 6) is -1.82. The first kappa shape index (κ1) is 29.4. The molecule has 2 aromatic carbocycles. The molecular weight excluding hydrogens is 472 g/mol. The second-order valence-electron chi connectivity index (χ2n) is 10.0. The minimum Gasteiger partial charge on any atom is -0.444 e. The van der Waals surface area contributed by atoms with Crippen LogP contribution in [0.4, 0.5) is 10.5 Å². The van der Waals surface area contributed by atoms with E-state index in [0.29, 0.717) is 11.3 Å². The van der Waals surface area contributed by atoms with Crippen LogP contribution in [-0.4, -0.2) is 46.9 Å². The average molecular weight is 511 g/mol. The predicted octanol–water partition coefficient (Wildman–Crippen LogP) is 3.91. The number of anilines is 1. The Labute approximate surface area is 218 Å². The first-order chi connectivity index (χ1) is 17.2. The molecule has 0 saturated heterocycles. The number of amides is 4. The Morgan fingerprint density at radius 2 is 1.51 bits per heavy atom. The van der Waals surface area contributed by atoms with Crippen molar-refractivity contribution in [1.29, 1.82) is 0 Å². The highest BCUT2D eigenvalue weighted by Crippen LogP contribution is 2.30. The van der Waals surface area contributed by atoms with E-state index in [1.807, 2.05) is 57.2 Å². The molecule has 9 heteroatoms. The molecule has 2 atom stereocenters. The Morgan fingerprint density at radius 3 is 2.03 bits per heavy atom. The molecule has 0 aliphatic rings. The maximum atomic E-state index is 13.8. The fourth-order valence-corrected chi connectivity index (χ4v) is 4.12. The Kier molecular flexibility index (Phi) is 9.82.